The lowest BCUT2D eigenvalue weighted by Crippen LogP contribution is -2.46. The zero-order chi connectivity index (χ0) is 22.6. The summed E-state index contributed by atoms with van der Waals surface area (Å²) in [4.78, 5) is 20.4. The van der Waals surface area contributed by atoms with E-state index < -0.39 is 23.9 Å². The number of fused-ring (bicyclic) bond motifs is 1. The predicted octanol–water partition coefficient (Wildman–Crippen LogP) is 3.84. The van der Waals surface area contributed by atoms with Crippen molar-refractivity contribution in [2.45, 2.75) is 31.9 Å². The summed E-state index contributed by atoms with van der Waals surface area (Å²) >= 11 is 2.03. The van der Waals surface area contributed by atoms with Gasteiger partial charge in [0.1, 0.15) is 6.04 Å². The second-order valence-corrected chi connectivity index (χ2v) is 8.39. The minimum atomic E-state index is -3.53. The van der Waals surface area contributed by atoms with E-state index in [-0.39, 0.29) is 0 Å². The fourth-order valence-electron chi connectivity index (χ4n) is 3.02. The van der Waals surface area contributed by atoms with E-state index in [9.17, 15) is 13.6 Å². The molecule has 2 aromatic heterocycles. The highest BCUT2D eigenvalue weighted by Crippen LogP contribution is 2.27. The molecule has 0 saturated heterocycles. The van der Waals surface area contributed by atoms with Gasteiger partial charge in [-0.3, -0.25) is 9.48 Å². The van der Waals surface area contributed by atoms with Crippen molar-refractivity contribution in [1.29, 1.82) is 5.26 Å². The Labute approximate surface area is 193 Å². The van der Waals surface area contributed by atoms with E-state index in [2.05, 4.69) is 37.6 Å². The van der Waals surface area contributed by atoms with Gasteiger partial charge in [0.25, 0.3) is 5.91 Å². The minimum absolute atomic E-state index is 0.312. The number of hydrogen-bond donors (Lipinski definition) is 1. The molecule has 0 fully saturated rings. The monoisotopic (exact) mass is 552 g/mol. The molecule has 0 aliphatic carbocycles. The van der Waals surface area contributed by atoms with Crippen LogP contribution in [0.15, 0.2) is 36.8 Å². The number of halogens is 3. The number of amides is 1. The number of hydrogen-bond acceptors (Lipinski definition) is 6. The van der Waals surface area contributed by atoms with Gasteiger partial charge < -0.3 is 5.32 Å². The Kier molecular flexibility index (Phi) is 7.08. The molecule has 0 aliphatic heterocycles. The van der Waals surface area contributed by atoms with E-state index >= 15 is 0 Å². The Balaban J connectivity index is 2.06. The molecule has 2 atom stereocenters. The maximum absolute atomic E-state index is 13.5. The summed E-state index contributed by atoms with van der Waals surface area (Å²) in [6.07, 6.45) is 4.64. The quantitative estimate of drug-likeness (QED) is 0.382. The number of aromatic nitrogens is 4. The van der Waals surface area contributed by atoms with Gasteiger partial charge in [-0.05, 0) is 45.2 Å². The molecule has 0 spiro atoms. The van der Waals surface area contributed by atoms with Gasteiger partial charge in [-0.1, -0.05) is 0 Å². The van der Waals surface area contributed by atoms with Crippen LogP contribution in [-0.4, -0.2) is 37.6 Å². The van der Waals surface area contributed by atoms with Crippen molar-refractivity contribution >= 4 is 46.9 Å². The second kappa shape index (κ2) is 9.58. The van der Waals surface area contributed by atoms with Crippen molar-refractivity contribution in [3.63, 3.8) is 0 Å². The van der Waals surface area contributed by atoms with Crippen LogP contribution in [0.1, 0.15) is 36.8 Å². The number of benzene rings is 1. The third-order valence-corrected chi connectivity index (χ3v) is 5.27. The van der Waals surface area contributed by atoms with Crippen LogP contribution in [0.3, 0.4) is 0 Å². The molecule has 0 saturated carbocycles. The summed E-state index contributed by atoms with van der Waals surface area (Å²) in [5.41, 5.74) is 1.68. The Morgan fingerprint density at radius 2 is 2.03 bits per heavy atom. The molecule has 158 valence electrons. The van der Waals surface area contributed by atoms with Gasteiger partial charge in [0.2, 0.25) is 5.82 Å². The third-order valence-electron chi connectivity index (χ3n) is 4.43. The number of carbonyl (C=O) groups excluding carboxylic acids is 1. The van der Waals surface area contributed by atoms with E-state index in [4.69, 9.17) is 5.26 Å². The number of nitriles is 1. The molecular weight excluding hydrogens is 537 g/mol. The number of nitrogens with one attached hydrogen (secondary N) is 1. The summed E-state index contributed by atoms with van der Waals surface area (Å²) < 4.78 is 28.6. The fourth-order valence-corrected chi connectivity index (χ4v) is 3.48. The largest absolute Gasteiger partial charge is 0.346 e. The molecule has 3 aromatic rings. The van der Waals surface area contributed by atoms with Crippen molar-refractivity contribution in [1.82, 2.24) is 25.1 Å². The minimum Gasteiger partial charge on any atom is -0.346 e. The summed E-state index contributed by atoms with van der Waals surface area (Å²) in [5.74, 6) is -1.83. The standard InChI is InChI=1S/C20H15F2IN6OS/c1-12(28-19(30)20(2,21)22)18(15-9-25-17(26-10-15)5-6-31-23)29-16-4-3-13(8-24)7-14(16)11-27-29/h3-4,7,9-12,18H,1-2H3,(H,28,30). The molecule has 2 unspecified atom stereocenters. The molecule has 2 heterocycles. The van der Waals surface area contributed by atoms with Crippen LogP contribution in [0.4, 0.5) is 8.78 Å². The van der Waals surface area contributed by atoms with Crippen LogP contribution in [-0.2, 0) is 4.79 Å². The van der Waals surface area contributed by atoms with Crippen LogP contribution in [0, 0.1) is 22.5 Å². The highest BCUT2D eigenvalue weighted by molar-refractivity contribution is 14.2. The SMILES string of the molecule is CC(NC(=O)C(C)(F)F)C(c1cnc(C#CSI)nc1)n1ncc2cc(C#N)ccc21. The normalized spacial score (nSPS) is 13.0. The van der Waals surface area contributed by atoms with Crippen molar-refractivity contribution in [3.05, 3.63) is 53.7 Å². The Hall–Kier alpha value is -2.77. The van der Waals surface area contributed by atoms with Crippen LogP contribution in [0.2, 0.25) is 0 Å². The zero-order valence-corrected chi connectivity index (χ0v) is 19.3. The van der Waals surface area contributed by atoms with E-state index in [0.717, 1.165) is 0 Å². The molecule has 1 N–H and O–H groups in total. The van der Waals surface area contributed by atoms with Gasteiger partial charge in [0.05, 0.1) is 29.4 Å². The summed E-state index contributed by atoms with van der Waals surface area (Å²) in [7, 11) is 1.30. The molecule has 1 amide bonds. The highest BCUT2D eigenvalue weighted by atomic mass is 127. The average Bonchev–Trinajstić information content (AvgIpc) is 3.15. The molecule has 0 bridgehead atoms. The predicted molar refractivity (Wildman–Crippen MR) is 121 cm³/mol. The fraction of sp³-hybridized carbons (Fsp3) is 0.250. The van der Waals surface area contributed by atoms with Gasteiger partial charge in [0, 0.05) is 51.5 Å². The Morgan fingerprint density at radius 1 is 1.32 bits per heavy atom. The van der Waals surface area contributed by atoms with Crippen molar-refractivity contribution in [2.24, 2.45) is 0 Å². The van der Waals surface area contributed by atoms with Gasteiger partial charge in [0.15, 0.2) is 0 Å². The zero-order valence-electron chi connectivity index (χ0n) is 16.3. The van der Waals surface area contributed by atoms with E-state index in [1.165, 1.54) is 21.3 Å². The topological polar surface area (TPSA) is 96.5 Å². The van der Waals surface area contributed by atoms with Gasteiger partial charge in [-0.25, -0.2) is 9.97 Å². The lowest BCUT2D eigenvalue weighted by molar-refractivity contribution is -0.143. The number of nitrogens with zero attached hydrogens (tertiary/aromatic N) is 5. The van der Waals surface area contributed by atoms with Crippen LogP contribution in [0.25, 0.3) is 10.9 Å². The average molecular weight is 552 g/mol. The Bertz CT molecular complexity index is 1210. The first-order valence-electron chi connectivity index (χ1n) is 8.91. The number of alkyl halides is 2. The molecule has 0 aliphatic rings. The smallest absolute Gasteiger partial charge is 0.321 e. The highest BCUT2D eigenvalue weighted by Gasteiger charge is 2.35. The van der Waals surface area contributed by atoms with E-state index in [1.54, 1.807) is 36.0 Å². The molecular formula is C20H15F2IN6OS. The maximum Gasteiger partial charge on any atom is 0.321 e. The molecule has 11 heteroatoms. The number of carbonyl (C=O) groups is 1. The second-order valence-electron chi connectivity index (χ2n) is 6.71. The van der Waals surface area contributed by atoms with Gasteiger partial charge in [-0.15, -0.1) is 0 Å². The summed E-state index contributed by atoms with van der Waals surface area (Å²) in [5, 5.41) is 19.3. The van der Waals surface area contributed by atoms with Crippen molar-refractivity contribution < 1.29 is 13.6 Å². The van der Waals surface area contributed by atoms with E-state index in [0.29, 0.717) is 34.8 Å². The molecule has 1 aromatic carbocycles. The molecule has 3 rings (SSSR count). The Morgan fingerprint density at radius 3 is 2.65 bits per heavy atom. The van der Waals surface area contributed by atoms with Crippen LogP contribution in [0.5, 0.6) is 0 Å². The van der Waals surface area contributed by atoms with Gasteiger partial charge in [-0.2, -0.15) is 19.1 Å². The van der Waals surface area contributed by atoms with Crippen LogP contribution < -0.4 is 5.32 Å². The first kappa shape index (κ1) is 22.9. The summed E-state index contributed by atoms with van der Waals surface area (Å²) in [6.45, 7) is 2.14. The molecule has 7 nitrogen and oxygen atoms in total. The first-order chi connectivity index (χ1) is 14.7. The molecule has 31 heavy (non-hydrogen) atoms. The number of rotatable bonds is 5. The summed E-state index contributed by atoms with van der Waals surface area (Å²) in [6, 6.07) is 5.64. The van der Waals surface area contributed by atoms with Gasteiger partial charge >= 0.3 is 5.92 Å². The van der Waals surface area contributed by atoms with Crippen molar-refractivity contribution in [3.8, 4) is 17.2 Å². The third kappa shape index (κ3) is 5.29. The van der Waals surface area contributed by atoms with Crippen LogP contribution >= 0.6 is 30.1 Å². The maximum atomic E-state index is 13.5. The van der Waals surface area contributed by atoms with E-state index in [1.807, 2.05) is 21.2 Å². The lowest BCUT2D eigenvalue weighted by atomic mass is 10.0. The lowest BCUT2D eigenvalue weighted by Gasteiger charge is -2.27. The molecule has 0 radical (unpaired) electrons. The van der Waals surface area contributed by atoms with Crippen molar-refractivity contribution in [2.75, 3.05) is 0 Å². The first-order valence-corrected chi connectivity index (χ1v) is 12.3.